The van der Waals surface area contributed by atoms with Crippen molar-refractivity contribution in [1.29, 1.82) is 5.26 Å². The molecule has 10 heteroatoms. The van der Waals surface area contributed by atoms with E-state index in [0.29, 0.717) is 40.8 Å². The Balaban J connectivity index is 1.41. The van der Waals surface area contributed by atoms with Gasteiger partial charge >= 0.3 is 0 Å². The molecule has 4 rings (SSSR count). The summed E-state index contributed by atoms with van der Waals surface area (Å²) >= 11 is 12.4. The van der Waals surface area contributed by atoms with Crippen molar-refractivity contribution >= 4 is 49.9 Å². The fourth-order valence-electron chi connectivity index (χ4n) is 4.57. The zero-order chi connectivity index (χ0) is 26.6. The summed E-state index contributed by atoms with van der Waals surface area (Å²) in [4.78, 5) is 15.3. The van der Waals surface area contributed by atoms with Crippen LogP contribution < -0.4 is 5.32 Å². The summed E-state index contributed by atoms with van der Waals surface area (Å²) in [5.74, 6) is -0.0515. The molecule has 3 aromatic carbocycles. The molecule has 0 aliphatic carbocycles. The van der Waals surface area contributed by atoms with Gasteiger partial charge < -0.3 is 5.32 Å². The van der Waals surface area contributed by atoms with E-state index in [9.17, 15) is 18.5 Å². The van der Waals surface area contributed by atoms with E-state index >= 15 is 0 Å². The number of likely N-dealkylation sites (tertiary alicyclic amines) is 1. The van der Waals surface area contributed by atoms with Crippen molar-refractivity contribution in [3.05, 3.63) is 81.3 Å². The van der Waals surface area contributed by atoms with E-state index < -0.39 is 10.1 Å². The molecule has 7 nitrogen and oxygen atoms in total. The van der Waals surface area contributed by atoms with E-state index in [-0.39, 0.29) is 24.3 Å². The number of nitrogens with one attached hydrogen (secondary N) is 1. The molecule has 1 atom stereocenters. The highest BCUT2D eigenvalue weighted by Gasteiger charge is 2.30. The van der Waals surface area contributed by atoms with Gasteiger partial charge in [0.05, 0.1) is 34.5 Å². The Bertz CT molecular complexity index is 1450. The van der Waals surface area contributed by atoms with Crippen molar-refractivity contribution in [3.63, 3.8) is 0 Å². The maximum absolute atomic E-state index is 13.1. The number of hydrogen-bond acceptors (Lipinski definition) is 7. The molecule has 1 heterocycles. The first kappa shape index (κ1) is 27.5. The zero-order valence-electron chi connectivity index (χ0n) is 20.3. The highest BCUT2D eigenvalue weighted by atomic mass is 35.5. The molecule has 1 saturated heterocycles. The first-order valence-corrected chi connectivity index (χ1v) is 14.4. The van der Waals surface area contributed by atoms with Crippen molar-refractivity contribution in [2.75, 3.05) is 39.0 Å². The Morgan fingerprint density at radius 1 is 1.16 bits per heavy atom. The number of rotatable bonds is 11. The number of hydrogen-bond donors (Lipinski definition) is 1. The van der Waals surface area contributed by atoms with Crippen LogP contribution in [0.15, 0.2) is 54.6 Å². The van der Waals surface area contributed by atoms with Gasteiger partial charge in [0.15, 0.2) is 5.78 Å². The van der Waals surface area contributed by atoms with Crippen molar-refractivity contribution < 1.29 is 17.4 Å². The van der Waals surface area contributed by atoms with E-state index in [4.69, 9.17) is 27.4 Å². The number of ketones is 1. The third kappa shape index (κ3) is 7.29. The van der Waals surface area contributed by atoms with E-state index in [2.05, 4.69) is 16.3 Å². The maximum atomic E-state index is 13.1. The second-order valence-corrected chi connectivity index (χ2v) is 11.7. The van der Waals surface area contributed by atoms with Gasteiger partial charge in [0.2, 0.25) is 0 Å². The summed E-state index contributed by atoms with van der Waals surface area (Å²) in [6, 6.07) is 18.6. The summed E-state index contributed by atoms with van der Waals surface area (Å²) in [7, 11) is -3.47. The Hall–Kier alpha value is -2.51. The van der Waals surface area contributed by atoms with Crippen LogP contribution in [0.2, 0.25) is 10.0 Å². The van der Waals surface area contributed by atoms with Crippen LogP contribution in [0.3, 0.4) is 0 Å². The minimum absolute atomic E-state index is 0.0413. The Morgan fingerprint density at radius 3 is 2.62 bits per heavy atom. The van der Waals surface area contributed by atoms with Gasteiger partial charge in [-0.25, -0.2) is 0 Å². The number of carbonyl (C=O) groups is 1. The Labute approximate surface area is 227 Å². The predicted octanol–water partition coefficient (Wildman–Crippen LogP) is 4.62. The van der Waals surface area contributed by atoms with Crippen molar-refractivity contribution in [2.45, 2.75) is 18.4 Å². The summed E-state index contributed by atoms with van der Waals surface area (Å²) in [6.07, 6.45) is 1.51. The van der Waals surface area contributed by atoms with Gasteiger partial charge in [0.1, 0.15) is 6.10 Å². The largest absolute Gasteiger partial charge is 0.309 e. The molecule has 0 spiro atoms. The quantitative estimate of drug-likeness (QED) is 0.270. The third-order valence-electron chi connectivity index (χ3n) is 6.41. The number of fused-ring (bicyclic) bond motifs is 1. The van der Waals surface area contributed by atoms with Crippen LogP contribution in [0.25, 0.3) is 10.8 Å². The highest BCUT2D eigenvalue weighted by Crippen LogP contribution is 2.29. The topological polar surface area (TPSA) is 99.5 Å². The maximum Gasteiger partial charge on any atom is 0.264 e. The van der Waals surface area contributed by atoms with E-state index in [1.165, 1.54) is 0 Å². The van der Waals surface area contributed by atoms with Gasteiger partial charge in [-0.15, -0.1) is 0 Å². The molecule has 0 saturated carbocycles. The van der Waals surface area contributed by atoms with Crippen LogP contribution in [0.5, 0.6) is 0 Å². The van der Waals surface area contributed by atoms with Gasteiger partial charge in [-0.3, -0.25) is 13.9 Å². The second-order valence-electron chi connectivity index (χ2n) is 9.25. The van der Waals surface area contributed by atoms with Gasteiger partial charge in [-0.1, -0.05) is 53.5 Å². The predicted molar refractivity (Wildman–Crippen MR) is 146 cm³/mol. The lowest BCUT2D eigenvalue weighted by atomic mass is 9.94. The van der Waals surface area contributed by atoms with E-state index in [1.54, 1.807) is 18.2 Å². The van der Waals surface area contributed by atoms with Crippen molar-refractivity contribution in [2.24, 2.45) is 0 Å². The summed E-state index contributed by atoms with van der Waals surface area (Å²) < 4.78 is 27.7. The van der Waals surface area contributed by atoms with Crippen molar-refractivity contribution in [1.82, 2.24) is 10.2 Å². The number of halogens is 2. The average molecular weight is 561 g/mol. The summed E-state index contributed by atoms with van der Waals surface area (Å²) in [5, 5.41) is 15.3. The molecular formula is C27H27Cl2N3O4S. The molecule has 0 bridgehead atoms. The summed E-state index contributed by atoms with van der Waals surface area (Å²) in [6.45, 7) is 2.48. The molecule has 0 unspecified atom stereocenters. The molecule has 194 valence electrons. The minimum Gasteiger partial charge on any atom is -0.309 e. The van der Waals surface area contributed by atoms with Gasteiger partial charge in [-0.2, -0.15) is 13.7 Å². The lowest BCUT2D eigenvalue weighted by molar-refractivity contribution is 0.0232. The van der Waals surface area contributed by atoms with Crippen LogP contribution >= 0.6 is 23.2 Å². The number of nitrogens with zero attached hydrogens (tertiary/aromatic N) is 2. The van der Waals surface area contributed by atoms with Crippen LogP contribution in [0.1, 0.15) is 33.8 Å². The lowest BCUT2D eigenvalue weighted by Gasteiger charge is -2.38. The first-order chi connectivity index (χ1) is 17.6. The molecule has 1 fully saturated rings. The van der Waals surface area contributed by atoms with E-state index in [0.717, 1.165) is 35.6 Å². The first-order valence-electron chi connectivity index (χ1n) is 11.9. The molecule has 37 heavy (non-hydrogen) atoms. The standard InChI is InChI=1S/C27H27Cl2N3O4S/c1-37(34,35)36-22-16-32(17-22)9-8-21(19-6-7-25(28)26(29)12-19)14-31-15-27(33)24-11-18(13-30)10-20-4-2-3-5-23(20)24/h2-7,10-12,21-22,31H,8-9,14-17H2,1H3/t21-/m1/s1. The van der Waals surface area contributed by atoms with Crippen LogP contribution in [0.4, 0.5) is 0 Å². The molecule has 1 aliphatic heterocycles. The Morgan fingerprint density at radius 2 is 1.92 bits per heavy atom. The monoisotopic (exact) mass is 559 g/mol. The highest BCUT2D eigenvalue weighted by molar-refractivity contribution is 7.86. The van der Waals surface area contributed by atoms with Crippen LogP contribution in [-0.2, 0) is 14.3 Å². The second kappa shape index (κ2) is 11.9. The molecular weight excluding hydrogens is 533 g/mol. The number of benzene rings is 3. The fourth-order valence-corrected chi connectivity index (χ4v) is 5.49. The van der Waals surface area contributed by atoms with Crippen LogP contribution in [0, 0.1) is 11.3 Å². The van der Waals surface area contributed by atoms with Gasteiger partial charge in [-0.05, 0) is 59.5 Å². The normalized spacial score (nSPS) is 15.3. The molecule has 0 aromatic heterocycles. The molecule has 0 amide bonds. The van der Waals surface area contributed by atoms with Crippen molar-refractivity contribution in [3.8, 4) is 6.07 Å². The van der Waals surface area contributed by atoms with Crippen LogP contribution in [-0.4, -0.2) is 64.2 Å². The zero-order valence-corrected chi connectivity index (χ0v) is 22.6. The Kier molecular flexibility index (Phi) is 8.86. The molecule has 1 aliphatic rings. The molecule has 0 radical (unpaired) electrons. The minimum atomic E-state index is -3.47. The van der Waals surface area contributed by atoms with E-state index in [1.807, 2.05) is 36.4 Å². The summed E-state index contributed by atoms with van der Waals surface area (Å²) in [5.41, 5.74) is 1.96. The van der Waals surface area contributed by atoms with Gasteiger partial charge in [0, 0.05) is 25.2 Å². The SMILES string of the molecule is CS(=O)(=O)OC1CN(CC[C@H](CNCC(=O)c2cc(C#N)cc3ccccc23)c2ccc(Cl)c(Cl)c2)C1. The molecule has 1 N–H and O–H groups in total. The van der Waals surface area contributed by atoms with Gasteiger partial charge in [0.25, 0.3) is 10.1 Å². The third-order valence-corrected chi connectivity index (χ3v) is 7.77. The molecule has 3 aromatic rings. The fraction of sp³-hybridized carbons (Fsp3) is 0.333. The number of carbonyl (C=O) groups excluding carboxylic acids is 1. The number of nitriles is 1. The lowest BCUT2D eigenvalue weighted by Crippen LogP contribution is -2.53. The number of Topliss-reactive ketones (excluding diaryl/α,β-unsaturated/α-hetero) is 1. The average Bonchev–Trinajstić information content (AvgIpc) is 2.84. The smallest absolute Gasteiger partial charge is 0.264 e.